The second-order valence-corrected chi connectivity index (χ2v) is 6.11. The zero-order valence-corrected chi connectivity index (χ0v) is 10.8. The van der Waals surface area contributed by atoms with E-state index in [9.17, 15) is 0 Å². The molecule has 3 rings (SSSR count). The number of thiophene rings is 1. The maximum atomic E-state index is 3.82. The highest BCUT2D eigenvalue weighted by Crippen LogP contribution is 2.40. The van der Waals surface area contributed by atoms with Crippen molar-refractivity contribution in [1.82, 2.24) is 10.2 Å². The Hall–Kier alpha value is -0.380. The molecule has 0 bridgehead atoms. The monoisotopic (exact) mass is 236 g/mol. The Morgan fingerprint density at radius 1 is 1.38 bits per heavy atom. The van der Waals surface area contributed by atoms with Crippen LogP contribution in [0, 0.1) is 0 Å². The second kappa shape index (κ2) is 4.13. The lowest BCUT2D eigenvalue weighted by molar-refractivity contribution is 0.274. The minimum Gasteiger partial charge on any atom is -0.306 e. The molecule has 2 aliphatic rings. The molecule has 1 aromatic heterocycles. The Kier molecular flexibility index (Phi) is 2.78. The number of fused-ring (bicyclic) bond motifs is 2. The Balaban J connectivity index is 1.94. The predicted molar refractivity (Wildman–Crippen MR) is 69.1 cm³/mol. The minimum atomic E-state index is 0.312. The third kappa shape index (κ3) is 1.71. The third-order valence-corrected chi connectivity index (χ3v) is 5.26. The van der Waals surface area contributed by atoms with Gasteiger partial charge in [-0.15, -0.1) is 11.3 Å². The predicted octanol–water partition coefficient (Wildman–Crippen LogP) is 2.20. The molecule has 1 saturated heterocycles. The average Bonchev–Trinajstić information content (AvgIpc) is 2.69. The molecule has 0 aromatic carbocycles. The van der Waals surface area contributed by atoms with Gasteiger partial charge in [0.05, 0.1) is 5.54 Å². The lowest BCUT2D eigenvalue weighted by Gasteiger charge is -2.37. The summed E-state index contributed by atoms with van der Waals surface area (Å²) in [6.45, 7) is 3.64. The van der Waals surface area contributed by atoms with Gasteiger partial charge >= 0.3 is 0 Å². The molecule has 1 fully saturated rings. The minimum absolute atomic E-state index is 0.312. The van der Waals surface area contributed by atoms with Crippen LogP contribution in [0.3, 0.4) is 0 Å². The maximum absolute atomic E-state index is 3.82. The van der Waals surface area contributed by atoms with Crippen LogP contribution >= 0.6 is 11.3 Å². The van der Waals surface area contributed by atoms with Gasteiger partial charge in [0.15, 0.2) is 0 Å². The molecular formula is C13H20N2S. The molecule has 3 heterocycles. The summed E-state index contributed by atoms with van der Waals surface area (Å²) in [5.74, 6) is 0. The summed E-state index contributed by atoms with van der Waals surface area (Å²) in [7, 11) is 2.25. The van der Waals surface area contributed by atoms with Gasteiger partial charge in [0, 0.05) is 11.4 Å². The lowest BCUT2D eigenvalue weighted by atomic mass is 9.83. The van der Waals surface area contributed by atoms with Crippen LogP contribution in [0.5, 0.6) is 0 Å². The Bertz CT molecular complexity index is 374. The number of hydrogen-bond acceptors (Lipinski definition) is 3. The largest absolute Gasteiger partial charge is 0.306 e. The molecule has 1 N–H and O–H groups in total. The molecule has 3 heteroatoms. The fraction of sp³-hybridized carbons (Fsp3) is 0.692. The van der Waals surface area contributed by atoms with Crippen molar-refractivity contribution in [2.75, 3.05) is 26.7 Å². The summed E-state index contributed by atoms with van der Waals surface area (Å²) in [6, 6.07) is 2.33. The van der Waals surface area contributed by atoms with E-state index in [2.05, 4.69) is 28.7 Å². The van der Waals surface area contributed by atoms with Gasteiger partial charge in [-0.3, -0.25) is 0 Å². The number of rotatable bonds is 0. The van der Waals surface area contributed by atoms with Gasteiger partial charge in [-0.1, -0.05) is 0 Å². The van der Waals surface area contributed by atoms with Gasteiger partial charge in [-0.25, -0.2) is 0 Å². The Morgan fingerprint density at radius 2 is 2.31 bits per heavy atom. The van der Waals surface area contributed by atoms with Gasteiger partial charge in [0.2, 0.25) is 0 Å². The summed E-state index contributed by atoms with van der Waals surface area (Å²) in [5.41, 5.74) is 1.92. The first kappa shape index (κ1) is 10.8. The molecule has 16 heavy (non-hydrogen) atoms. The van der Waals surface area contributed by atoms with Gasteiger partial charge in [-0.05, 0) is 62.8 Å². The Labute approximate surface area is 102 Å². The van der Waals surface area contributed by atoms with E-state index in [-0.39, 0.29) is 0 Å². The van der Waals surface area contributed by atoms with Crippen LogP contribution in [0.25, 0.3) is 0 Å². The lowest BCUT2D eigenvalue weighted by Crippen LogP contribution is -2.46. The summed E-state index contributed by atoms with van der Waals surface area (Å²) in [5, 5.41) is 6.09. The molecule has 1 aromatic rings. The maximum Gasteiger partial charge on any atom is 0.0544 e. The van der Waals surface area contributed by atoms with Crippen molar-refractivity contribution in [3.8, 4) is 0 Å². The first-order valence-corrected chi connectivity index (χ1v) is 7.19. The molecular weight excluding hydrogens is 216 g/mol. The third-order valence-electron chi connectivity index (χ3n) is 4.10. The van der Waals surface area contributed by atoms with Crippen molar-refractivity contribution in [3.63, 3.8) is 0 Å². The summed E-state index contributed by atoms with van der Waals surface area (Å²) in [6.07, 6.45) is 5.12. The van der Waals surface area contributed by atoms with E-state index in [1.54, 1.807) is 10.4 Å². The van der Waals surface area contributed by atoms with Crippen LogP contribution in [0.15, 0.2) is 11.4 Å². The normalized spacial score (nSPS) is 31.3. The van der Waals surface area contributed by atoms with Crippen molar-refractivity contribution in [1.29, 1.82) is 0 Å². The van der Waals surface area contributed by atoms with Crippen LogP contribution in [0.1, 0.15) is 29.7 Å². The van der Waals surface area contributed by atoms with Crippen molar-refractivity contribution in [2.45, 2.75) is 31.2 Å². The second-order valence-electron chi connectivity index (χ2n) is 5.19. The van der Waals surface area contributed by atoms with Gasteiger partial charge in [0.1, 0.15) is 0 Å². The summed E-state index contributed by atoms with van der Waals surface area (Å²) >= 11 is 1.96. The standard InChI is InChI=1S/C13H20N2S/c1-15-8-2-5-13(6-9-15)12-11(3-7-14-13)4-10-16-12/h4,10,14H,2-3,5-9H2,1H3. The number of hydrogen-bond donors (Lipinski definition) is 1. The van der Waals surface area contributed by atoms with E-state index in [1.807, 2.05) is 11.3 Å². The number of nitrogens with zero attached hydrogens (tertiary/aromatic N) is 1. The molecule has 1 unspecified atom stereocenters. The molecule has 0 amide bonds. The van der Waals surface area contributed by atoms with Crippen molar-refractivity contribution < 1.29 is 0 Å². The fourth-order valence-electron chi connectivity index (χ4n) is 3.14. The number of likely N-dealkylation sites (tertiary alicyclic amines) is 1. The molecule has 0 saturated carbocycles. The topological polar surface area (TPSA) is 15.3 Å². The first-order chi connectivity index (χ1) is 7.80. The van der Waals surface area contributed by atoms with E-state index in [0.717, 1.165) is 6.54 Å². The van der Waals surface area contributed by atoms with E-state index >= 15 is 0 Å². The zero-order chi connectivity index (χ0) is 11.0. The smallest absolute Gasteiger partial charge is 0.0544 e. The molecule has 1 atom stereocenters. The van der Waals surface area contributed by atoms with Crippen molar-refractivity contribution in [3.05, 3.63) is 21.9 Å². The van der Waals surface area contributed by atoms with Gasteiger partial charge < -0.3 is 10.2 Å². The molecule has 2 aliphatic heterocycles. The van der Waals surface area contributed by atoms with Crippen LogP contribution in [-0.4, -0.2) is 31.6 Å². The first-order valence-electron chi connectivity index (χ1n) is 6.31. The highest BCUT2D eigenvalue weighted by atomic mass is 32.1. The van der Waals surface area contributed by atoms with Crippen molar-refractivity contribution in [2.24, 2.45) is 0 Å². The van der Waals surface area contributed by atoms with Crippen LogP contribution in [-0.2, 0) is 12.0 Å². The number of nitrogens with one attached hydrogen (secondary N) is 1. The molecule has 2 nitrogen and oxygen atoms in total. The zero-order valence-electron chi connectivity index (χ0n) is 9.96. The highest BCUT2D eigenvalue weighted by molar-refractivity contribution is 7.10. The van der Waals surface area contributed by atoms with Crippen LogP contribution in [0.2, 0.25) is 0 Å². The van der Waals surface area contributed by atoms with Gasteiger partial charge in [0.25, 0.3) is 0 Å². The molecule has 1 spiro atoms. The Morgan fingerprint density at radius 3 is 3.25 bits per heavy atom. The highest BCUT2D eigenvalue weighted by Gasteiger charge is 2.38. The van der Waals surface area contributed by atoms with E-state index in [1.165, 1.54) is 38.8 Å². The SMILES string of the molecule is CN1CCCC2(CC1)NCCc1ccsc12. The van der Waals surface area contributed by atoms with E-state index in [4.69, 9.17) is 0 Å². The average molecular weight is 236 g/mol. The van der Waals surface area contributed by atoms with Crippen LogP contribution < -0.4 is 5.32 Å². The summed E-state index contributed by atoms with van der Waals surface area (Å²) < 4.78 is 0. The van der Waals surface area contributed by atoms with Crippen molar-refractivity contribution >= 4 is 11.3 Å². The summed E-state index contributed by atoms with van der Waals surface area (Å²) in [4.78, 5) is 4.10. The van der Waals surface area contributed by atoms with E-state index in [0.29, 0.717) is 5.54 Å². The molecule has 0 radical (unpaired) electrons. The van der Waals surface area contributed by atoms with Gasteiger partial charge in [-0.2, -0.15) is 0 Å². The molecule has 88 valence electrons. The van der Waals surface area contributed by atoms with E-state index < -0.39 is 0 Å². The fourth-order valence-corrected chi connectivity index (χ4v) is 4.33. The quantitative estimate of drug-likeness (QED) is 0.743. The van der Waals surface area contributed by atoms with Crippen LogP contribution in [0.4, 0.5) is 0 Å². The molecule has 0 aliphatic carbocycles.